The highest BCUT2D eigenvalue weighted by atomic mass is 35.5. The van der Waals surface area contributed by atoms with Gasteiger partial charge in [-0.25, -0.2) is 8.78 Å². The summed E-state index contributed by atoms with van der Waals surface area (Å²) in [6.45, 7) is 2.21. The summed E-state index contributed by atoms with van der Waals surface area (Å²) < 4.78 is 33.1. The molecule has 0 aliphatic heterocycles. The molecule has 5 heteroatoms. The second-order valence-electron chi connectivity index (χ2n) is 4.45. The lowest BCUT2D eigenvalue weighted by Crippen LogP contribution is -2.06. The van der Waals surface area contributed by atoms with Crippen LogP contribution in [0, 0.1) is 18.6 Å². The molecule has 0 spiro atoms. The molecular weight excluding hydrogens is 284 g/mol. The number of halogens is 3. The van der Waals surface area contributed by atoms with Gasteiger partial charge in [-0.15, -0.1) is 0 Å². The third-order valence-corrected chi connectivity index (χ3v) is 3.05. The first-order valence-electron chi connectivity index (χ1n) is 6.08. The second-order valence-corrected chi connectivity index (χ2v) is 4.86. The van der Waals surface area contributed by atoms with Crippen LogP contribution in [-0.4, -0.2) is 7.05 Å². The molecule has 2 rings (SSSR count). The van der Waals surface area contributed by atoms with Gasteiger partial charge in [0.15, 0.2) is 17.4 Å². The summed E-state index contributed by atoms with van der Waals surface area (Å²) in [7, 11) is 1.70. The SMILES string of the molecule is CNCc1cc(F)c(Oc2cc(C)ccc2Cl)c(F)c1. The number of benzene rings is 2. The first-order valence-corrected chi connectivity index (χ1v) is 6.45. The van der Waals surface area contributed by atoms with Crippen molar-refractivity contribution in [3.05, 3.63) is 58.1 Å². The maximum Gasteiger partial charge on any atom is 0.198 e. The smallest absolute Gasteiger partial charge is 0.198 e. The predicted octanol–water partition coefficient (Wildman–Crippen LogP) is 4.44. The molecular formula is C15H14ClF2NO. The summed E-state index contributed by atoms with van der Waals surface area (Å²) in [6.07, 6.45) is 0. The molecule has 2 aromatic carbocycles. The molecule has 0 amide bonds. The average Bonchev–Trinajstić information content (AvgIpc) is 2.38. The molecule has 0 saturated heterocycles. The maximum absolute atomic E-state index is 13.9. The van der Waals surface area contributed by atoms with Crippen LogP contribution < -0.4 is 10.1 Å². The molecule has 1 N–H and O–H groups in total. The zero-order valence-corrected chi connectivity index (χ0v) is 11.9. The summed E-state index contributed by atoms with van der Waals surface area (Å²) in [4.78, 5) is 0. The fourth-order valence-electron chi connectivity index (χ4n) is 1.81. The van der Waals surface area contributed by atoms with Crippen LogP contribution >= 0.6 is 11.6 Å². The van der Waals surface area contributed by atoms with Crippen molar-refractivity contribution in [3.8, 4) is 11.5 Å². The zero-order chi connectivity index (χ0) is 14.7. The van der Waals surface area contributed by atoms with E-state index in [4.69, 9.17) is 16.3 Å². The highest BCUT2D eigenvalue weighted by molar-refractivity contribution is 6.32. The molecule has 20 heavy (non-hydrogen) atoms. The van der Waals surface area contributed by atoms with Gasteiger partial charge in [-0.3, -0.25) is 0 Å². The minimum atomic E-state index is -0.757. The summed E-state index contributed by atoms with van der Waals surface area (Å²) in [6, 6.07) is 7.51. The van der Waals surface area contributed by atoms with E-state index >= 15 is 0 Å². The Morgan fingerprint density at radius 2 is 1.80 bits per heavy atom. The van der Waals surface area contributed by atoms with Crippen LogP contribution in [-0.2, 0) is 6.54 Å². The standard InChI is InChI=1S/C15H14ClF2NO/c1-9-3-4-11(16)14(5-9)20-15-12(17)6-10(8-19-2)7-13(15)18/h3-7,19H,8H2,1-2H3. The average molecular weight is 298 g/mol. The Kier molecular flexibility index (Phi) is 4.57. The van der Waals surface area contributed by atoms with Gasteiger partial charge in [0.25, 0.3) is 0 Å². The Morgan fingerprint density at radius 3 is 2.40 bits per heavy atom. The minimum Gasteiger partial charge on any atom is -0.450 e. The van der Waals surface area contributed by atoms with Gasteiger partial charge in [0.1, 0.15) is 5.75 Å². The monoisotopic (exact) mass is 297 g/mol. The van der Waals surface area contributed by atoms with E-state index in [9.17, 15) is 8.78 Å². The van der Waals surface area contributed by atoms with Gasteiger partial charge in [0.05, 0.1) is 5.02 Å². The van der Waals surface area contributed by atoms with E-state index < -0.39 is 17.4 Å². The van der Waals surface area contributed by atoms with Gasteiger partial charge in [-0.05, 0) is 49.4 Å². The van der Waals surface area contributed by atoms with Crippen LogP contribution in [0.25, 0.3) is 0 Å². The normalized spacial score (nSPS) is 10.7. The van der Waals surface area contributed by atoms with E-state index in [1.807, 2.05) is 6.92 Å². The molecule has 0 unspecified atom stereocenters. The lowest BCUT2D eigenvalue weighted by molar-refractivity contribution is 0.406. The van der Waals surface area contributed by atoms with Crippen LogP contribution in [0.2, 0.25) is 5.02 Å². The molecule has 0 radical (unpaired) electrons. The number of hydrogen-bond donors (Lipinski definition) is 1. The van der Waals surface area contributed by atoms with E-state index in [0.717, 1.165) is 5.56 Å². The van der Waals surface area contributed by atoms with Gasteiger partial charge < -0.3 is 10.1 Å². The maximum atomic E-state index is 13.9. The fourth-order valence-corrected chi connectivity index (χ4v) is 1.97. The number of nitrogens with one attached hydrogen (secondary N) is 1. The van der Waals surface area contributed by atoms with Gasteiger partial charge in [-0.2, -0.15) is 0 Å². The second kappa shape index (κ2) is 6.20. The third kappa shape index (κ3) is 3.26. The third-order valence-electron chi connectivity index (χ3n) is 2.74. The molecule has 0 saturated carbocycles. The van der Waals surface area contributed by atoms with Crippen molar-refractivity contribution in [1.29, 1.82) is 0 Å². The molecule has 106 valence electrons. The highest BCUT2D eigenvalue weighted by Crippen LogP contribution is 2.33. The highest BCUT2D eigenvalue weighted by Gasteiger charge is 2.15. The Morgan fingerprint density at radius 1 is 1.15 bits per heavy atom. The Labute approximate surface area is 121 Å². The zero-order valence-electron chi connectivity index (χ0n) is 11.1. The summed E-state index contributed by atoms with van der Waals surface area (Å²) in [5.74, 6) is -1.73. The van der Waals surface area contributed by atoms with Gasteiger partial charge >= 0.3 is 0 Å². The first-order chi connectivity index (χ1) is 9.51. The van der Waals surface area contributed by atoms with Crippen molar-refractivity contribution in [3.63, 3.8) is 0 Å². The van der Waals surface area contributed by atoms with Crippen LogP contribution in [0.1, 0.15) is 11.1 Å². The molecule has 2 nitrogen and oxygen atoms in total. The van der Waals surface area contributed by atoms with Crippen molar-refractivity contribution in [1.82, 2.24) is 5.32 Å². The van der Waals surface area contributed by atoms with Crippen LogP contribution in [0.3, 0.4) is 0 Å². The Balaban J connectivity index is 2.36. The topological polar surface area (TPSA) is 21.3 Å². The van der Waals surface area contributed by atoms with Gasteiger partial charge in [0, 0.05) is 6.54 Å². The van der Waals surface area contributed by atoms with E-state index in [1.54, 1.807) is 25.2 Å². The lowest BCUT2D eigenvalue weighted by atomic mass is 10.2. The molecule has 0 bridgehead atoms. The first kappa shape index (κ1) is 14.8. The van der Waals surface area contributed by atoms with Crippen LogP contribution in [0.4, 0.5) is 8.78 Å². The minimum absolute atomic E-state index is 0.228. The summed E-state index contributed by atoms with van der Waals surface area (Å²) >= 11 is 5.95. The van der Waals surface area contributed by atoms with E-state index in [-0.39, 0.29) is 5.75 Å². The molecule has 2 aromatic rings. The van der Waals surface area contributed by atoms with E-state index in [2.05, 4.69) is 5.32 Å². The summed E-state index contributed by atoms with van der Waals surface area (Å²) in [5, 5.41) is 3.13. The largest absolute Gasteiger partial charge is 0.450 e. The molecule has 0 aliphatic carbocycles. The Hall–Kier alpha value is -1.65. The molecule has 0 aromatic heterocycles. The lowest BCUT2D eigenvalue weighted by Gasteiger charge is -2.11. The van der Waals surface area contributed by atoms with Crippen molar-refractivity contribution in [2.24, 2.45) is 0 Å². The number of ether oxygens (including phenoxy) is 1. The molecule has 0 atom stereocenters. The number of rotatable bonds is 4. The summed E-state index contributed by atoms with van der Waals surface area (Å²) in [5.41, 5.74) is 1.39. The molecule has 0 heterocycles. The van der Waals surface area contributed by atoms with Crippen molar-refractivity contribution < 1.29 is 13.5 Å². The van der Waals surface area contributed by atoms with Crippen LogP contribution in [0.15, 0.2) is 30.3 Å². The Bertz CT molecular complexity index is 608. The van der Waals surface area contributed by atoms with Crippen molar-refractivity contribution in [2.75, 3.05) is 7.05 Å². The predicted molar refractivity (Wildman–Crippen MR) is 75.4 cm³/mol. The van der Waals surface area contributed by atoms with Gasteiger partial charge in [0.2, 0.25) is 0 Å². The molecule has 0 fully saturated rings. The van der Waals surface area contributed by atoms with Gasteiger partial charge in [-0.1, -0.05) is 17.7 Å². The number of aryl methyl sites for hydroxylation is 1. The quantitative estimate of drug-likeness (QED) is 0.901. The van der Waals surface area contributed by atoms with E-state index in [0.29, 0.717) is 17.1 Å². The van der Waals surface area contributed by atoms with Crippen molar-refractivity contribution in [2.45, 2.75) is 13.5 Å². The fraction of sp³-hybridized carbons (Fsp3) is 0.200. The van der Waals surface area contributed by atoms with Crippen molar-refractivity contribution >= 4 is 11.6 Å². The number of hydrogen-bond acceptors (Lipinski definition) is 2. The van der Waals surface area contributed by atoms with E-state index in [1.165, 1.54) is 12.1 Å². The van der Waals surface area contributed by atoms with Crippen LogP contribution in [0.5, 0.6) is 11.5 Å². The molecule has 0 aliphatic rings.